The minimum absolute atomic E-state index is 0.259. The van der Waals surface area contributed by atoms with Gasteiger partial charge in [0.2, 0.25) is 0 Å². The number of ether oxygens (including phenoxy) is 1. The molecule has 0 N–H and O–H groups in total. The highest BCUT2D eigenvalue weighted by atomic mass is 79.9. The van der Waals surface area contributed by atoms with Crippen molar-refractivity contribution in [3.63, 3.8) is 0 Å². The Morgan fingerprint density at radius 2 is 2.06 bits per heavy atom. The van der Waals surface area contributed by atoms with Gasteiger partial charge in [-0.3, -0.25) is 19.3 Å². The molecule has 0 unspecified atom stereocenters. The summed E-state index contributed by atoms with van der Waals surface area (Å²) in [5, 5.41) is 0. The number of aliphatic imine (C=N–C) groups is 1. The fourth-order valence-electron chi connectivity index (χ4n) is 3.79. The summed E-state index contributed by atoms with van der Waals surface area (Å²) in [6.45, 7) is 0.727. The fourth-order valence-corrected chi connectivity index (χ4v) is 4.15. The van der Waals surface area contributed by atoms with Crippen LogP contribution in [0.1, 0.15) is 41.7 Å². The first-order valence-electron chi connectivity index (χ1n) is 10.1. The molecule has 1 aliphatic rings. The molecule has 0 fully saturated rings. The summed E-state index contributed by atoms with van der Waals surface area (Å²) in [7, 11) is 5.47. The number of esters is 1. The standard InChI is InChI=1S/C23H24BrN5O2/c1-28(2)14-16-13-26-23-19(8-10-21(30)31-3)27-22(18-6-4-5-11-25-18)17-12-15(24)7-9-20(17)29(16)23/h4-7,9,11-13,19H,8,10,14H2,1-3H3/t19-/m0/s1. The lowest BCUT2D eigenvalue weighted by atomic mass is 10.0. The smallest absolute Gasteiger partial charge is 0.305 e. The third-order valence-corrected chi connectivity index (χ3v) is 5.63. The highest BCUT2D eigenvalue weighted by Gasteiger charge is 2.29. The molecule has 0 radical (unpaired) electrons. The number of methoxy groups -OCH3 is 1. The summed E-state index contributed by atoms with van der Waals surface area (Å²) in [6.07, 6.45) is 4.42. The van der Waals surface area contributed by atoms with E-state index in [4.69, 9.17) is 14.7 Å². The maximum absolute atomic E-state index is 11.9. The van der Waals surface area contributed by atoms with Crippen molar-refractivity contribution in [3.8, 4) is 5.69 Å². The van der Waals surface area contributed by atoms with Crippen LogP contribution in [0.4, 0.5) is 0 Å². The summed E-state index contributed by atoms with van der Waals surface area (Å²) in [5.74, 6) is 0.556. The Morgan fingerprint density at radius 3 is 2.77 bits per heavy atom. The van der Waals surface area contributed by atoms with Gasteiger partial charge in [-0.2, -0.15) is 0 Å². The number of pyridine rings is 1. The van der Waals surface area contributed by atoms with E-state index in [2.05, 4.69) is 42.5 Å². The SMILES string of the molecule is COC(=O)CC[C@@H]1N=C(c2ccccn2)c2cc(Br)ccc2-n2c(CN(C)C)cnc21. The van der Waals surface area contributed by atoms with Crippen molar-refractivity contribution in [2.45, 2.75) is 25.4 Å². The number of hydrogen-bond donors (Lipinski definition) is 0. The van der Waals surface area contributed by atoms with Crippen LogP contribution in [0.5, 0.6) is 0 Å². The third-order valence-electron chi connectivity index (χ3n) is 5.14. The molecule has 160 valence electrons. The maximum Gasteiger partial charge on any atom is 0.305 e. The van der Waals surface area contributed by atoms with Crippen LogP contribution in [-0.2, 0) is 16.1 Å². The lowest BCUT2D eigenvalue weighted by Crippen LogP contribution is -2.16. The van der Waals surface area contributed by atoms with E-state index in [0.717, 1.165) is 45.2 Å². The summed E-state index contributed by atoms with van der Waals surface area (Å²) < 4.78 is 7.99. The van der Waals surface area contributed by atoms with Gasteiger partial charge >= 0.3 is 5.97 Å². The minimum Gasteiger partial charge on any atom is -0.469 e. The van der Waals surface area contributed by atoms with Crippen molar-refractivity contribution in [3.05, 3.63) is 76.0 Å². The van der Waals surface area contributed by atoms with Gasteiger partial charge in [0.15, 0.2) is 0 Å². The monoisotopic (exact) mass is 481 g/mol. The quantitative estimate of drug-likeness (QED) is 0.498. The third kappa shape index (κ3) is 4.45. The zero-order valence-electron chi connectivity index (χ0n) is 17.7. The van der Waals surface area contributed by atoms with Crippen LogP contribution in [-0.4, -0.2) is 52.3 Å². The highest BCUT2D eigenvalue weighted by Crippen LogP contribution is 2.35. The van der Waals surface area contributed by atoms with Gasteiger partial charge in [-0.05, 0) is 50.8 Å². The molecule has 1 aliphatic heterocycles. The summed E-state index contributed by atoms with van der Waals surface area (Å²) in [6, 6.07) is 11.6. The normalized spacial score (nSPS) is 15.1. The molecule has 0 saturated heterocycles. The molecule has 31 heavy (non-hydrogen) atoms. The second-order valence-electron chi connectivity index (χ2n) is 7.67. The number of halogens is 1. The topological polar surface area (TPSA) is 72.6 Å². The van der Waals surface area contributed by atoms with E-state index < -0.39 is 0 Å². The van der Waals surface area contributed by atoms with Gasteiger partial charge in [-0.15, -0.1) is 0 Å². The largest absolute Gasteiger partial charge is 0.469 e. The lowest BCUT2D eigenvalue weighted by Gasteiger charge is -2.17. The van der Waals surface area contributed by atoms with Crippen LogP contribution >= 0.6 is 15.9 Å². The van der Waals surface area contributed by atoms with Gasteiger partial charge in [0.1, 0.15) is 11.9 Å². The zero-order valence-corrected chi connectivity index (χ0v) is 19.3. The first-order chi connectivity index (χ1) is 15.0. The average Bonchev–Trinajstić information content (AvgIpc) is 3.10. The van der Waals surface area contributed by atoms with E-state index in [1.165, 1.54) is 7.11 Å². The van der Waals surface area contributed by atoms with Gasteiger partial charge in [0.25, 0.3) is 0 Å². The fraction of sp³-hybridized carbons (Fsp3) is 0.304. The Balaban J connectivity index is 1.93. The van der Waals surface area contributed by atoms with E-state index in [9.17, 15) is 4.79 Å². The number of fused-ring (bicyclic) bond motifs is 3. The van der Waals surface area contributed by atoms with E-state index in [-0.39, 0.29) is 18.4 Å². The molecule has 8 heteroatoms. The van der Waals surface area contributed by atoms with Crippen LogP contribution in [0.25, 0.3) is 5.69 Å². The Bertz CT molecular complexity index is 1120. The maximum atomic E-state index is 11.9. The molecule has 0 saturated carbocycles. The van der Waals surface area contributed by atoms with E-state index in [1.54, 1.807) is 6.20 Å². The average molecular weight is 482 g/mol. The van der Waals surface area contributed by atoms with Gasteiger partial charge in [0.05, 0.1) is 36.1 Å². The number of hydrogen-bond acceptors (Lipinski definition) is 6. The van der Waals surface area contributed by atoms with Gasteiger partial charge in [-0.1, -0.05) is 22.0 Å². The van der Waals surface area contributed by atoms with Gasteiger partial charge < -0.3 is 9.64 Å². The summed E-state index contributed by atoms with van der Waals surface area (Å²) in [4.78, 5) is 28.4. The molecule has 0 aliphatic carbocycles. The van der Waals surface area contributed by atoms with Crippen molar-refractivity contribution in [1.82, 2.24) is 19.4 Å². The molecule has 7 nitrogen and oxygen atoms in total. The van der Waals surface area contributed by atoms with Gasteiger partial charge in [0, 0.05) is 29.2 Å². The van der Waals surface area contributed by atoms with E-state index >= 15 is 0 Å². The Kier molecular flexibility index (Phi) is 6.29. The molecule has 1 atom stereocenters. The molecular weight excluding hydrogens is 458 g/mol. The number of benzene rings is 1. The van der Waals surface area contributed by atoms with Crippen molar-refractivity contribution in [2.75, 3.05) is 21.2 Å². The molecule has 4 rings (SSSR count). The van der Waals surface area contributed by atoms with Gasteiger partial charge in [-0.25, -0.2) is 4.98 Å². The molecule has 2 aromatic heterocycles. The summed E-state index contributed by atoms with van der Waals surface area (Å²) in [5.41, 5.74) is 4.59. The number of nitrogens with zero attached hydrogens (tertiary/aromatic N) is 5. The second kappa shape index (κ2) is 9.11. The lowest BCUT2D eigenvalue weighted by molar-refractivity contribution is -0.140. The Morgan fingerprint density at radius 1 is 1.23 bits per heavy atom. The van der Waals surface area contributed by atoms with Crippen LogP contribution in [0, 0.1) is 0 Å². The second-order valence-corrected chi connectivity index (χ2v) is 8.58. The van der Waals surface area contributed by atoms with Crippen LogP contribution < -0.4 is 0 Å². The van der Waals surface area contributed by atoms with Crippen LogP contribution in [0.2, 0.25) is 0 Å². The number of aromatic nitrogens is 3. The molecular formula is C23H24BrN5O2. The first kappa shape index (κ1) is 21.4. The highest BCUT2D eigenvalue weighted by molar-refractivity contribution is 9.10. The van der Waals surface area contributed by atoms with E-state index in [1.807, 2.05) is 44.6 Å². The molecule has 3 aromatic rings. The van der Waals surface area contributed by atoms with Crippen molar-refractivity contribution < 1.29 is 9.53 Å². The Hall–Kier alpha value is -2.84. The summed E-state index contributed by atoms with van der Waals surface area (Å²) >= 11 is 3.61. The predicted octanol–water partition coefficient (Wildman–Crippen LogP) is 3.94. The van der Waals surface area contributed by atoms with Crippen LogP contribution in [0.15, 0.2) is 58.3 Å². The zero-order chi connectivity index (χ0) is 22.0. The molecule has 3 heterocycles. The number of rotatable bonds is 6. The number of imidazole rings is 1. The minimum atomic E-state index is -0.307. The van der Waals surface area contributed by atoms with Crippen molar-refractivity contribution >= 4 is 27.6 Å². The number of carbonyl (C=O) groups is 1. The first-order valence-corrected chi connectivity index (χ1v) is 10.8. The van der Waals surface area contributed by atoms with E-state index in [0.29, 0.717) is 6.42 Å². The van der Waals surface area contributed by atoms with Crippen molar-refractivity contribution in [1.29, 1.82) is 0 Å². The molecule has 0 bridgehead atoms. The molecule has 0 spiro atoms. The van der Waals surface area contributed by atoms with Crippen molar-refractivity contribution in [2.24, 2.45) is 4.99 Å². The molecule has 0 amide bonds. The Labute approximate surface area is 189 Å². The van der Waals surface area contributed by atoms with Crippen LogP contribution in [0.3, 0.4) is 0 Å². The predicted molar refractivity (Wildman–Crippen MR) is 123 cm³/mol. The molecule has 1 aromatic carbocycles. The number of carbonyl (C=O) groups excluding carboxylic acids is 1.